The van der Waals surface area contributed by atoms with Crippen molar-refractivity contribution in [1.82, 2.24) is 4.98 Å². The van der Waals surface area contributed by atoms with Gasteiger partial charge in [0.2, 0.25) is 0 Å². The first-order chi connectivity index (χ1) is 9.80. The molecule has 1 heterocycles. The molecule has 1 aromatic carbocycles. The van der Waals surface area contributed by atoms with Gasteiger partial charge in [-0.05, 0) is 0 Å². The van der Waals surface area contributed by atoms with Gasteiger partial charge in [0.25, 0.3) is 0 Å². The predicted octanol–water partition coefficient (Wildman–Crippen LogP) is 0.0381. The van der Waals surface area contributed by atoms with Crippen LogP contribution >= 0.6 is 0 Å². The number of benzene rings is 1. The molecule has 0 amide bonds. The fourth-order valence-corrected chi connectivity index (χ4v) is 3.75. The van der Waals surface area contributed by atoms with Crippen LogP contribution in [0.3, 0.4) is 0 Å². The minimum atomic E-state index is -1.15. The van der Waals surface area contributed by atoms with Gasteiger partial charge in [-0.15, -0.1) is 0 Å². The van der Waals surface area contributed by atoms with Crippen molar-refractivity contribution in [1.29, 1.82) is 0 Å². The zero-order valence-electron chi connectivity index (χ0n) is 11.2. The number of pyridine rings is 1. The summed E-state index contributed by atoms with van der Waals surface area (Å²) in [6, 6.07) is 10.5. The summed E-state index contributed by atoms with van der Waals surface area (Å²) in [5, 5.41) is 0. The summed E-state index contributed by atoms with van der Waals surface area (Å²) in [5.41, 5.74) is 11.4. The molecule has 4 heteroatoms. The Morgan fingerprint density at radius 3 is 2.75 bits per heavy atom. The van der Waals surface area contributed by atoms with Crippen molar-refractivity contribution in [3.63, 3.8) is 0 Å². The molecule has 0 aliphatic heterocycles. The summed E-state index contributed by atoms with van der Waals surface area (Å²) in [7, 11) is 0. The van der Waals surface area contributed by atoms with Crippen LogP contribution in [0.25, 0.3) is 11.1 Å². The number of aromatic nitrogens is 1. The van der Waals surface area contributed by atoms with E-state index in [0.717, 1.165) is 41.6 Å². The number of hydrogen-bond acceptors (Lipinski definition) is 2. The second-order valence-corrected chi connectivity index (χ2v) is 7.39. The van der Waals surface area contributed by atoms with E-state index < -0.39 is 21.8 Å². The van der Waals surface area contributed by atoms with Gasteiger partial charge >= 0.3 is 130 Å². The van der Waals surface area contributed by atoms with Gasteiger partial charge in [-0.2, -0.15) is 0 Å². The molecular formula is C16H17FIN2-. The van der Waals surface area contributed by atoms with E-state index in [-0.39, 0.29) is 3.92 Å². The third kappa shape index (κ3) is 2.86. The van der Waals surface area contributed by atoms with E-state index in [1.54, 1.807) is 0 Å². The molecule has 2 aromatic rings. The summed E-state index contributed by atoms with van der Waals surface area (Å²) < 4.78 is 13.1. The molecule has 2 nitrogen and oxygen atoms in total. The fourth-order valence-electron chi connectivity index (χ4n) is 2.62. The molecule has 0 radical (unpaired) electrons. The van der Waals surface area contributed by atoms with E-state index >= 15 is 0 Å². The fraction of sp³-hybridized carbons (Fsp3) is 0.312. The predicted molar refractivity (Wildman–Crippen MR) is 74.5 cm³/mol. The number of halogens is 2. The molecule has 1 aliphatic carbocycles. The van der Waals surface area contributed by atoms with Crippen LogP contribution in [0.15, 0.2) is 36.5 Å². The van der Waals surface area contributed by atoms with E-state index in [1.165, 1.54) is 5.56 Å². The molecule has 20 heavy (non-hydrogen) atoms. The van der Waals surface area contributed by atoms with Crippen LogP contribution in [0, 0.1) is 0 Å². The summed E-state index contributed by atoms with van der Waals surface area (Å²) >= 11 is -1.15. The number of rotatable bonds is 3. The third-order valence-corrected chi connectivity index (χ3v) is 5.57. The Kier molecular flexibility index (Phi) is 4.31. The molecule has 0 spiro atoms. The number of nitrogens with two attached hydrogens (primary N) is 1. The van der Waals surface area contributed by atoms with Gasteiger partial charge in [0, 0.05) is 0 Å². The first-order valence-electron chi connectivity index (χ1n) is 6.82. The van der Waals surface area contributed by atoms with Crippen LogP contribution in [-0.4, -0.2) is 8.91 Å². The van der Waals surface area contributed by atoms with Crippen LogP contribution in [0.2, 0.25) is 0 Å². The van der Waals surface area contributed by atoms with E-state index in [2.05, 4.69) is 35.3 Å². The maximum absolute atomic E-state index is 12.9. The first kappa shape index (κ1) is 13.9. The molecule has 0 bridgehead atoms. The Hall–Kier alpha value is -1.01. The van der Waals surface area contributed by atoms with Crippen molar-refractivity contribution < 1.29 is 24.6 Å². The maximum atomic E-state index is 12.9. The Bertz CT molecular complexity index is 598. The first-order valence-corrected chi connectivity index (χ1v) is 8.88. The molecule has 1 atom stereocenters. The van der Waals surface area contributed by atoms with Gasteiger partial charge in [-0.25, -0.2) is 0 Å². The minimum absolute atomic E-state index is 0.267. The zero-order chi connectivity index (χ0) is 13.9. The molecule has 0 fully saturated rings. The van der Waals surface area contributed by atoms with Crippen molar-refractivity contribution in [2.24, 2.45) is 5.73 Å². The molecular weight excluding hydrogens is 366 g/mol. The Morgan fingerprint density at radius 2 is 2.05 bits per heavy atom. The van der Waals surface area contributed by atoms with Gasteiger partial charge in [0.15, 0.2) is 0 Å². The summed E-state index contributed by atoms with van der Waals surface area (Å²) in [6.45, 7) is 0.566. The van der Waals surface area contributed by atoms with E-state index in [0.29, 0.717) is 6.54 Å². The zero-order valence-corrected chi connectivity index (χ0v) is 13.3. The molecule has 1 aromatic heterocycles. The van der Waals surface area contributed by atoms with Crippen molar-refractivity contribution in [2.75, 3.05) is 0 Å². The SMILES string of the molecule is NCc1ccc(-c2cnc3c(c2)CCC([I-]F)C3)cc1. The van der Waals surface area contributed by atoms with Crippen molar-refractivity contribution in [3.05, 3.63) is 53.3 Å². The molecule has 1 aliphatic rings. The van der Waals surface area contributed by atoms with Crippen molar-refractivity contribution in [2.45, 2.75) is 29.7 Å². The third-order valence-electron chi connectivity index (χ3n) is 3.84. The van der Waals surface area contributed by atoms with Crippen LogP contribution < -0.4 is 27.5 Å². The molecule has 3 rings (SSSR count). The Morgan fingerprint density at radius 1 is 1.25 bits per heavy atom. The molecule has 2 N–H and O–H groups in total. The van der Waals surface area contributed by atoms with Gasteiger partial charge in [0.05, 0.1) is 0 Å². The van der Waals surface area contributed by atoms with Gasteiger partial charge < -0.3 is 0 Å². The number of hydrogen-bond donors (Lipinski definition) is 1. The van der Waals surface area contributed by atoms with Crippen LogP contribution in [0.5, 0.6) is 0 Å². The molecule has 106 valence electrons. The second kappa shape index (κ2) is 6.18. The average Bonchev–Trinajstić information content (AvgIpc) is 2.54. The van der Waals surface area contributed by atoms with Gasteiger partial charge in [-0.3, -0.25) is 0 Å². The summed E-state index contributed by atoms with van der Waals surface area (Å²) in [5.74, 6) is 0. The Labute approximate surface area is 129 Å². The van der Waals surface area contributed by atoms with Crippen LogP contribution in [0.1, 0.15) is 23.2 Å². The van der Waals surface area contributed by atoms with Crippen molar-refractivity contribution >= 4 is 0 Å². The number of aryl methyl sites for hydroxylation is 1. The summed E-state index contributed by atoms with van der Waals surface area (Å²) in [4.78, 5) is 4.56. The normalized spacial score (nSPS) is 18.0. The van der Waals surface area contributed by atoms with E-state index in [4.69, 9.17) is 5.73 Å². The van der Waals surface area contributed by atoms with E-state index in [1.807, 2.05) is 6.20 Å². The number of alkyl halides is 1. The van der Waals surface area contributed by atoms with E-state index in [9.17, 15) is 2.86 Å². The van der Waals surface area contributed by atoms with Crippen LogP contribution in [0.4, 0.5) is 2.86 Å². The van der Waals surface area contributed by atoms with Gasteiger partial charge in [0.1, 0.15) is 0 Å². The second-order valence-electron chi connectivity index (χ2n) is 5.15. The summed E-state index contributed by atoms with van der Waals surface area (Å²) in [6.07, 6.45) is 4.68. The standard InChI is InChI=1S/C16H17FIN2/c17-18-15-6-5-13-7-14(10-20-16(13)8-15)12-3-1-11(9-19)2-4-12/h1-4,7,10,15H,5-6,8-9,19H2/q-1. The number of nitrogens with zero attached hydrogens (tertiary/aromatic N) is 1. The topological polar surface area (TPSA) is 38.9 Å². The monoisotopic (exact) mass is 383 g/mol. The molecule has 1 unspecified atom stereocenters. The van der Waals surface area contributed by atoms with Crippen LogP contribution in [-0.2, 0) is 19.4 Å². The molecule has 0 saturated carbocycles. The molecule has 0 saturated heterocycles. The average molecular weight is 383 g/mol. The van der Waals surface area contributed by atoms with Gasteiger partial charge in [-0.1, -0.05) is 0 Å². The Balaban J connectivity index is 1.88. The van der Waals surface area contributed by atoms with Crippen molar-refractivity contribution in [3.8, 4) is 11.1 Å². The quantitative estimate of drug-likeness (QED) is 0.601. The number of fused-ring (bicyclic) bond motifs is 1.